The van der Waals surface area contributed by atoms with Crippen LogP contribution in [0.3, 0.4) is 0 Å². The lowest BCUT2D eigenvalue weighted by atomic mass is 10.1. The summed E-state index contributed by atoms with van der Waals surface area (Å²) in [5.41, 5.74) is 2.06. The Morgan fingerprint density at radius 1 is 1.20 bits per heavy atom. The van der Waals surface area contributed by atoms with Gasteiger partial charge in [0.25, 0.3) is 5.89 Å². The van der Waals surface area contributed by atoms with Crippen molar-refractivity contribution in [2.45, 2.75) is 25.7 Å². The largest absolute Gasteiger partial charge is 0.389 e. The van der Waals surface area contributed by atoms with Crippen LogP contribution in [0.15, 0.2) is 28.8 Å². The molecule has 0 amide bonds. The van der Waals surface area contributed by atoms with E-state index in [9.17, 15) is 10.2 Å². The van der Waals surface area contributed by atoms with Crippen LogP contribution in [0.25, 0.3) is 11.5 Å². The van der Waals surface area contributed by atoms with Gasteiger partial charge in [0, 0.05) is 18.7 Å². The summed E-state index contributed by atoms with van der Waals surface area (Å²) in [6.45, 7) is 3.33. The normalized spacial score (nSPS) is 23.4. The molecule has 0 radical (unpaired) electrons. The Morgan fingerprint density at radius 3 is 2.50 bits per heavy atom. The van der Waals surface area contributed by atoms with Gasteiger partial charge in [0.15, 0.2) is 5.82 Å². The van der Waals surface area contributed by atoms with Gasteiger partial charge in [-0.05, 0) is 19.1 Å². The lowest BCUT2D eigenvalue weighted by Gasteiger charge is -2.10. The molecule has 1 aliphatic rings. The van der Waals surface area contributed by atoms with Gasteiger partial charge in [-0.15, -0.1) is 0 Å². The van der Waals surface area contributed by atoms with Gasteiger partial charge in [-0.3, -0.25) is 4.90 Å². The monoisotopic (exact) mass is 275 g/mol. The van der Waals surface area contributed by atoms with E-state index >= 15 is 0 Å². The predicted molar refractivity (Wildman–Crippen MR) is 71.8 cm³/mol. The number of hydrogen-bond acceptors (Lipinski definition) is 6. The highest BCUT2D eigenvalue weighted by atomic mass is 16.5. The van der Waals surface area contributed by atoms with Crippen LogP contribution in [0, 0.1) is 6.92 Å². The SMILES string of the molecule is Cc1ccc(-c2nc(CN3C[C@@H](O)[C@@H](O)C3)no2)cc1. The summed E-state index contributed by atoms with van der Waals surface area (Å²) in [6.07, 6.45) is -1.39. The van der Waals surface area contributed by atoms with E-state index in [1.54, 1.807) is 0 Å². The zero-order valence-electron chi connectivity index (χ0n) is 11.2. The number of nitrogens with zero attached hydrogens (tertiary/aromatic N) is 3. The minimum Gasteiger partial charge on any atom is -0.389 e. The molecule has 0 spiro atoms. The summed E-state index contributed by atoms with van der Waals surface area (Å²) in [6, 6.07) is 7.87. The molecule has 2 N–H and O–H groups in total. The van der Waals surface area contributed by atoms with Crippen molar-refractivity contribution in [3.05, 3.63) is 35.7 Å². The zero-order chi connectivity index (χ0) is 14.1. The Kier molecular flexibility index (Phi) is 3.52. The molecule has 0 saturated carbocycles. The first-order valence-electron chi connectivity index (χ1n) is 6.60. The van der Waals surface area contributed by atoms with E-state index in [4.69, 9.17) is 4.52 Å². The maximum Gasteiger partial charge on any atom is 0.257 e. The summed E-state index contributed by atoms with van der Waals surface area (Å²) in [4.78, 5) is 6.24. The molecule has 1 aliphatic heterocycles. The molecule has 2 atom stereocenters. The highest BCUT2D eigenvalue weighted by molar-refractivity contribution is 5.53. The van der Waals surface area contributed by atoms with Gasteiger partial charge >= 0.3 is 0 Å². The van der Waals surface area contributed by atoms with Gasteiger partial charge in [0.2, 0.25) is 0 Å². The van der Waals surface area contributed by atoms with E-state index in [2.05, 4.69) is 10.1 Å². The lowest BCUT2D eigenvalue weighted by Crippen LogP contribution is -2.22. The molecule has 20 heavy (non-hydrogen) atoms. The van der Waals surface area contributed by atoms with Crippen molar-refractivity contribution in [1.29, 1.82) is 0 Å². The van der Waals surface area contributed by atoms with Crippen molar-refractivity contribution < 1.29 is 14.7 Å². The minimum absolute atomic E-state index is 0.426. The number of aliphatic hydroxyl groups excluding tert-OH is 2. The highest BCUT2D eigenvalue weighted by Crippen LogP contribution is 2.19. The topological polar surface area (TPSA) is 82.6 Å². The summed E-state index contributed by atoms with van der Waals surface area (Å²) in [7, 11) is 0. The standard InChI is InChI=1S/C14H17N3O3/c1-9-2-4-10(5-3-9)14-15-13(16-20-14)8-17-6-11(18)12(19)7-17/h2-5,11-12,18-19H,6-8H2,1H3/t11-,12+. The van der Waals surface area contributed by atoms with E-state index in [1.165, 1.54) is 5.56 Å². The van der Waals surface area contributed by atoms with Gasteiger partial charge in [0.05, 0.1) is 18.8 Å². The molecule has 2 aromatic rings. The van der Waals surface area contributed by atoms with Crippen LogP contribution in [-0.4, -0.2) is 50.6 Å². The van der Waals surface area contributed by atoms with Crippen LogP contribution in [0.4, 0.5) is 0 Å². The second-order valence-corrected chi connectivity index (χ2v) is 5.21. The van der Waals surface area contributed by atoms with E-state index in [-0.39, 0.29) is 0 Å². The van der Waals surface area contributed by atoms with Crippen molar-refractivity contribution >= 4 is 0 Å². The number of aryl methyl sites for hydroxylation is 1. The first-order valence-corrected chi connectivity index (χ1v) is 6.60. The van der Waals surface area contributed by atoms with Crippen molar-refractivity contribution in [3.63, 3.8) is 0 Å². The predicted octanol–water partition coefficient (Wildman–Crippen LogP) is 0.582. The molecule has 6 nitrogen and oxygen atoms in total. The number of rotatable bonds is 3. The molecular weight excluding hydrogens is 258 g/mol. The first kappa shape index (κ1) is 13.2. The Bertz CT molecular complexity index is 572. The smallest absolute Gasteiger partial charge is 0.257 e. The number of benzene rings is 1. The number of β-amino-alcohol motifs (C(OH)–C–C–N with tert-alkyl or cyclic N) is 2. The van der Waals surface area contributed by atoms with Crippen LogP contribution in [0.1, 0.15) is 11.4 Å². The molecule has 106 valence electrons. The third-order valence-corrected chi connectivity index (χ3v) is 3.47. The fourth-order valence-electron chi connectivity index (χ4n) is 2.31. The van der Waals surface area contributed by atoms with Crippen LogP contribution >= 0.6 is 0 Å². The maximum atomic E-state index is 9.50. The number of aliphatic hydroxyl groups is 2. The van der Waals surface area contributed by atoms with Crippen LogP contribution in [-0.2, 0) is 6.54 Å². The molecule has 1 aromatic carbocycles. The lowest BCUT2D eigenvalue weighted by molar-refractivity contribution is 0.0572. The molecule has 1 saturated heterocycles. The summed E-state index contributed by atoms with van der Waals surface area (Å²) >= 11 is 0. The molecule has 1 aromatic heterocycles. The van der Waals surface area contributed by atoms with Crippen LogP contribution in [0.5, 0.6) is 0 Å². The van der Waals surface area contributed by atoms with Crippen molar-refractivity contribution in [3.8, 4) is 11.5 Å². The average molecular weight is 275 g/mol. The third-order valence-electron chi connectivity index (χ3n) is 3.47. The average Bonchev–Trinajstić information content (AvgIpc) is 2.99. The Morgan fingerprint density at radius 2 is 1.85 bits per heavy atom. The summed E-state index contributed by atoms with van der Waals surface area (Å²) in [5, 5.41) is 22.9. The Hall–Kier alpha value is -1.76. The van der Waals surface area contributed by atoms with Gasteiger partial charge in [-0.2, -0.15) is 4.98 Å². The van der Waals surface area contributed by atoms with Crippen molar-refractivity contribution in [2.24, 2.45) is 0 Å². The van der Waals surface area contributed by atoms with E-state index < -0.39 is 12.2 Å². The third kappa shape index (κ3) is 2.72. The second-order valence-electron chi connectivity index (χ2n) is 5.21. The minimum atomic E-state index is -0.696. The Labute approximate surface area is 116 Å². The molecule has 1 fully saturated rings. The molecule has 2 heterocycles. The van der Waals surface area contributed by atoms with Crippen molar-refractivity contribution in [2.75, 3.05) is 13.1 Å². The number of hydrogen-bond donors (Lipinski definition) is 2. The van der Waals surface area contributed by atoms with Crippen LogP contribution in [0.2, 0.25) is 0 Å². The van der Waals surface area contributed by atoms with Gasteiger partial charge in [-0.25, -0.2) is 0 Å². The van der Waals surface area contributed by atoms with Gasteiger partial charge in [0.1, 0.15) is 0 Å². The van der Waals surface area contributed by atoms with E-state index in [0.29, 0.717) is 31.3 Å². The summed E-state index contributed by atoms with van der Waals surface area (Å²) < 4.78 is 5.24. The van der Waals surface area contributed by atoms with E-state index in [1.807, 2.05) is 36.1 Å². The fraction of sp³-hybridized carbons (Fsp3) is 0.429. The quantitative estimate of drug-likeness (QED) is 0.852. The van der Waals surface area contributed by atoms with E-state index in [0.717, 1.165) is 5.56 Å². The molecule has 0 unspecified atom stereocenters. The van der Waals surface area contributed by atoms with Gasteiger partial charge in [-0.1, -0.05) is 22.9 Å². The number of likely N-dealkylation sites (tertiary alicyclic amines) is 1. The fourth-order valence-corrected chi connectivity index (χ4v) is 2.31. The molecular formula is C14H17N3O3. The van der Waals surface area contributed by atoms with Gasteiger partial charge < -0.3 is 14.7 Å². The second kappa shape index (κ2) is 5.32. The maximum absolute atomic E-state index is 9.50. The highest BCUT2D eigenvalue weighted by Gasteiger charge is 2.30. The number of aromatic nitrogens is 2. The van der Waals surface area contributed by atoms with Crippen molar-refractivity contribution in [1.82, 2.24) is 15.0 Å². The Balaban J connectivity index is 1.69. The zero-order valence-corrected chi connectivity index (χ0v) is 11.2. The molecule has 3 rings (SSSR count). The summed E-state index contributed by atoms with van der Waals surface area (Å²) in [5.74, 6) is 1.04. The van der Waals surface area contributed by atoms with Crippen LogP contribution < -0.4 is 0 Å². The molecule has 0 aliphatic carbocycles. The molecule has 0 bridgehead atoms. The molecule has 6 heteroatoms. The first-order chi connectivity index (χ1) is 9.61.